The summed E-state index contributed by atoms with van der Waals surface area (Å²) in [6.07, 6.45) is 5.27. The van der Waals surface area contributed by atoms with Crippen molar-refractivity contribution in [2.45, 2.75) is 44.4 Å². The maximum atomic E-state index is 12.3. The van der Waals surface area contributed by atoms with Crippen molar-refractivity contribution in [2.24, 2.45) is 11.8 Å². The minimum absolute atomic E-state index is 0.169. The van der Waals surface area contributed by atoms with E-state index in [0.717, 1.165) is 61.7 Å². The summed E-state index contributed by atoms with van der Waals surface area (Å²) in [4.78, 5) is 26.1. The van der Waals surface area contributed by atoms with Gasteiger partial charge in [0.05, 0.1) is 31.6 Å². The van der Waals surface area contributed by atoms with Crippen molar-refractivity contribution in [1.29, 1.82) is 0 Å². The summed E-state index contributed by atoms with van der Waals surface area (Å²) < 4.78 is 16.8. The van der Waals surface area contributed by atoms with Crippen LogP contribution in [0.25, 0.3) is 0 Å². The molecule has 0 saturated heterocycles. The topological polar surface area (TPSA) is 65.1 Å². The average molecular weight is 498 g/mol. The second kappa shape index (κ2) is 9.73. The highest BCUT2D eigenvalue weighted by Gasteiger charge is 2.43. The molecule has 6 nitrogen and oxygen atoms in total. The van der Waals surface area contributed by atoms with Crippen LogP contribution >= 0.6 is 11.6 Å². The molecule has 1 aliphatic heterocycles. The Balaban J connectivity index is 1.50. The number of nitrogens with zero attached hydrogens (tertiary/aromatic N) is 1. The van der Waals surface area contributed by atoms with Gasteiger partial charge in [0.15, 0.2) is 0 Å². The number of halogens is 1. The number of hydrogen-bond acceptors (Lipinski definition) is 6. The fourth-order valence-corrected chi connectivity index (χ4v) is 6.16. The largest absolute Gasteiger partial charge is 0.490 e. The lowest BCUT2D eigenvalue weighted by Gasteiger charge is -2.44. The van der Waals surface area contributed by atoms with Gasteiger partial charge in [0.25, 0.3) is 0 Å². The van der Waals surface area contributed by atoms with Gasteiger partial charge < -0.3 is 19.1 Å². The Bertz CT molecular complexity index is 1130. The van der Waals surface area contributed by atoms with Crippen LogP contribution in [0.1, 0.15) is 54.1 Å². The number of benzene rings is 2. The second-order valence-corrected chi connectivity index (χ2v) is 10.6. The van der Waals surface area contributed by atoms with Crippen molar-refractivity contribution in [1.82, 2.24) is 0 Å². The van der Waals surface area contributed by atoms with Gasteiger partial charge in [-0.15, -0.1) is 0 Å². The lowest BCUT2D eigenvalue weighted by atomic mass is 9.69. The first-order chi connectivity index (χ1) is 16.9. The van der Waals surface area contributed by atoms with Crippen molar-refractivity contribution in [2.75, 3.05) is 38.3 Å². The van der Waals surface area contributed by atoms with E-state index in [1.807, 2.05) is 18.2 Å². The van der Waals surface area contributed by atoms with Gasteiger partial charge in [-0.2, -0.15) is 0 Å². The van der Waals surface area contributed by atoms with E-state index < -0.39 is 0 Å². The number of aryl methyl sites for hydroxylation is 1. The maximum absolute atomic E-state index is 12.3. The number of hydrogen-bond donors (Lipinski definition) is 0. The fraction of sp³-hybridized carbons (Fsp3) is 0.500. The normalized spacial score (nSPS) is 24.9. The summed E-state index contributed by atoms with van der Waals surface area (Å²) in [6, 6.07) is 11.8. The summed E-state index contributed by atoms with van der Waals surface area (Å²) in [5.41, 5.74) is 3.87. The van der Waals surface area contributed by atoms with Crippen molar-refractivity contribution < 1.29 is 23.8 Å². The van der Waals surface area contributed by atoms with Crippen LogP contribution in [-0.4, -0.2) is 45.4 Å². The molecule has 0 bridgehead atoms. The first-order valence-electron chi connectivity index (χ1n) is 12.4. The molecular weight excluding hydrogens is 466 g/mol. The Kier molecular flexibility index (Phi) is 6.67. The molecule has 3 aliphatic rings. The molecule has 2 aromatic rings. The lowest BCUT2D eigenvalue weighted by molar-refractivity contribution is -0.144. The molecule has 0 unspecified atom stereocenters. The second-order valence-electron chi connectivity index (χ2n) is 10.2. The number of anilines is 1. The quantitative estimate of drug-likeness (QED) is 0.530. The number of rotatable bonds is 5. The zero-order valence-corrected chi connectivity index (χ0v) is 21.1. The first-order valence-corrected chi connectivity index (χ1v) is 12.8. The Morgan fingerprint density at radius 2 is 2.00 bits per heavy atom. The molecule has 1 saturated carbocycles. The van der Waals surface area contributed by atoms with Crippen LogP contribution in [0.2, 0.25) is 5.02 Å². The minimum atomic E-state index is -0.360. The molecule has 0 amide bonds. The molecule has 2 aliphatic carbocycles. The van der Waals surface area contributed by atoms with Crippen LogP contribution in [0.5, 0.6) is 5.75 Å². The number of fused-ring (bicyclic) bond motifs is 3. The molecule has 35 heavy (non-hydrogen) atoms. The smallest absolute Gasteiger partial charge is 0.337 e. The Morgan fingerprint density at radius 3 is 2.74 bits per heavy atom. The van der Waals surface area contributed by atoms with Gasteiger partial charge in [-0.1, -0.05) is 17.7 Å². The van der Waals surface area contributed by atoms with Crippen LogP contribution in [0, 0.1) is 11.8 Å². The van der Waals surface area contributed by atoms with E-state index in [9.17, 15) is 9.59 Å². The van der Waals surface area contributed by atoms with E-state index in [1.54, 1.807) is 6.07 Å². The van der Waals surface area contributed by atoms with E-state index in [-0.39, 0.29) is 17.4 Å². The minimum Gasteiger partial charge on any atom is -0.490 e. The number of esters is 2. The van der Waals surface area contributed by atoms with E-state index in [4.69, 9.17) is 25.8 Å². The predicted octanol–water partition coefficient (Wildman–Crippen LogP) is 5.19. The highest BCUT2D eigenvalue weighted by Crippen LogP contribution is 2.46. The van der Waals surface area contributed by atoms with Crippen LogP contribution in [0.15, 0.2) is 36.4 Å². The van der Waals surface area contributed by atoms with Crippen LogP contribution < -0.4 is 9.64 Å². The van der Waals surface area contributed by atoms with Gasteiger partial charge >= 0.3 is 11.9 Å². The Labute approximate surface area is 211 Å². The molecule has 2 aromatic carbocycles. The van der Waals surface area contributed by atoms with Gasteiger partial charge in [-0.05, 0) is 85.4 Å². The number of methoxy groups -OCH3 is 1. The molecule has 3 atom stereocenters. The third-order valence-electron chi connectivity index (χ3n) is 7.99. The molecule has 0 N–H and O–H groups in total. The average Bonchev–Trinajstić information content (AvgIpc) is 2.98. The number of carbonyl (C=O) groups is 2. The summed E-state index contributed by atoms with van der Waals surface area (Å²) in [5.74, 6) is 0.951. The van der Waals surface area contributed by atoms with E-state index >= 15 is 0 Å². The summed E-state index contributed by atoms with van der Waals surface area (Å²) in [6.45, 7) is 4.10. The monoisotopic (exact) mass is 497 g/mol. The van der Waals surface area contributed by atoms with Crippen molar-refractivity contribution in [3.05, 3.63) is 58.1 Å². The summed E-state index contributed by atoms with van der Waals surface area (Å²) >= 11 is 6.34. The molecule has 0 aromatic heterocycles. The molecule has 0 radical (unpaired) electrons. The lowest BCUT2D eigenvalue weighted by Crippen LogP contribution is -2.48. The van der Waals surface area contributed by atoms with Gasteiger partial charge in [0.2, 0.25) is 0 Å². The van der Waals surface area contributed by atoms with Gasteiger partial charge in [-0.25, -0.2) is 4.79 Å². The SMILES string of the molecule is COC(=O)c1ccc2c(c1)N(C[C@@H]1CC[C@@H]1COC(C)=O)C[C@@]1(CCCc3cc(Cl)ccc31)CO2. The molecule has 186 valence electrons. The van der Waals surface area contributed by atoms with E-state index in [0.29, 0.717) is 30.6 Å². The third kappa shape index (κ3) is 4.73. The summed E-state index contributed by atoms with van der Waals surface area (Å²) in [5, 5.41) is 0.765. The predicted molar refractivity (Wildman–Crippen MR) is 134 cm³/mol. The summed E-state index contributed by atoms with van der Waals surface area (Å²) in [7, 11) is 1.40. The highest BCUT2D eigenvalue weighted by atomic mass is 35.5. The first kappa shape index (κ1) is 24.0. The van der Waals surface area contributed by atoms with E-state index in [2.05, 4.69) is 17.0 Å². The van der Waals surface area contributed by atoms with Crippen LogP contribution in [0.4, 0.5) is 5.69 Å². The van der Waals surface area contributed by atoms with Gasteiger partial charge in [-0.3, -0.25) is 4.79 Å². The zero-order chi connectivity index (χ0) is 24.6. The highest BCUT2D eigenvalue weighted by molar-refractivity contribution is 6.30. The standard InChI is InChI=1S/C28H32ClNO5/c1-18(31)34-15-22-6-5-21(22)14-30-16-28(11-3-4-19-12-23(29)8-9-24(19)28)17-35-26-10-7-20(13-25(26)30)27(32)33-2/h7-10,12-13,21-22H,3-6,11,14-17H2,1-2H3/t21-,22+,28-/m0/s1. The molecule has 1 spiro atoms. The van der Waals surface area contributed by atoms with Crippen LogP contribution in [-0.2, 0) is 26.1 Å². The fourth-order valence-electron chi connectivity index (χ4n) is 5.96. The molecule has 7 heteroatoms. The van der Waals surface area contributed by atoms with Gasteiger partial charge in [0.1, 0.15) is 5.75 Å². The molecule has 1 heterocycles. The third-order valence-corrected chi connectivity index (χ3v) is 8.22. The van der Waals surface area contributed by atoms with Crippen LogP contribution in [0.3, 0.4) is 0 Å². The molecular formula is C28H32ClNO5. The van der Waals surface area contributed by atoms with Crippen molar-refractivity contribution in [3.63, 3.8) is 0 Å². The van der Waals surface area contributed by atoms with Crippen molar-refractivity contribution >= 4 is 29.2 Å². The number of carbonyl (C=O) groups excluding carboxylic acids is 2. The Hall–Kier alpha value is -2.73. The maximum Gasteiger partial charge on any atom is 0.337 e. The zero-order valence-electron chi connectivity index (χ0n) is 20.3. The molecule has 5 rings (SSSR count). The van der Waals surface area contributed by atoms with E-state index in [1.165, 1.54) is 25.2 Å². The number of ether oxygens (including phenoxy) is 3. The van der Waals surface area contributed by atoms with Gasteiger partial charge in [0, 0.05) is 30.5 Å². The molecule has 1 fully saturated rings. The van der Waals surface area contributed by atoms with Crippen molar-refractivity contribution in [3.8, 4) is 5.75 Å². The Morgan fingerprint density at radius 1 is 1.17 bits per heavy atom.